The number of allylic oxidation sites excluding steroid dienone is 2. The fraction of sp³-hybridized carbons (Fsp3) is 0.0159. The number of nitrogens with zero attached hydrogens (tertiary/aromatic N) is 8. The second kappa shape index (κ2) is 18.2. The smallest absolute Gasteiger partial charge is 0.0886 e. The largest absolute Gasteiger partial charge is 0.380 e. The molecule has 0 bridgehead atoms. The highest BCUT2D eigenvalue weighted by Gasteiger charge is 2.17. The lowest BCUT2D eigenvalue weighted by molar-refractivity contribution is 0.745. The molecule has 1 aliphatic heterocycles. The van der Waals surface area contributed by atoms with Gasteiger partial charge in [0.1, 0.15) is 0 Å². The summed E-state index contributed by atoms with van der Waals surface area (Å²) in [6.07, 6.45) is 21.4. The molecule has 12 aromatic rings. The Morgan fingerprint density at radius 1 is 0.292 bits per heavy atom. The van der Waals surface area contributed by atoms with Crippen molar-refractivity contribution < 1.29 is 0 Å². The molecule has 0 radical (unpaired) electrons. The Balaban J connectivity index is 0.846. The quantitative estimate of drug-likeness (QED) is 0.141. The summed E-state index contributed by atoms with van der Waals surface area (Å²) in [7, 11) is 0. The number of aromatic nitrogens is 8. The third-order valence-electron chi connectivity index (χ3n) is 13.4. The molecular weight excluding hydrogens is 883 g/mol. The molecule has 338 valence electrons. The van der Waals surface area contributed by atoms with Crippen molar-refractivity contribution in [3.63, 3.8) is 0 Å². The van der Waals surface area contributed by atoms with Gasteiger partial charge in [-0.05, 0) is 157 Å². The molecule has 0 saturated heterocycles. The van der Waals surface area contributed by atoms with Gasteiger partial charge in [-0.25, -0.2) is 0 Å². The maximum Gasteiger partial charge on any atom is 0.0886 e. The van der Waals surface area contributed by atoms with E-state index in [0.29, 0.717) is 0 Å². The second-order valence-electron chi connectivity index (χ2n) is 17.7. The summed E-state index contributed by atoms with van der Waals surface area (Å²) in [5, 5.41) is 10.7. The van der Waals surface area contributed by atoms with E-state index in [4.69, 9.17) is 15.0 Å². The third kappa shape index (κ3) is 8.10. The minimum absolute atomic E-state index is 0.00275. The zero-order valence-electron chi connectivity index (χ0n) is 38.7. The first kappa shape index (κ1) is 42.3. The van der Waals surface area contributed by atoms with E-state index < -0.39 is 0 Å². The van der Waals surface area contributed by atoms with Gasteiger partial charge in [-0.2, -0.15) is 0 Å². The zero-order chi connectivity index (χ0) is 47.8. The van der Waals surface area contributed by atoms with Crippen molar-refractivity contribution in [2.24, 2.45) is 0 Å². The van der Waals surface area contributed by atoms with E-state index in [1.54, 1.807) is 18.6 Å². The molecule has 1 aliphatic rings. The Morgan fingerprint density at radius 3 is 1.07 bits per heavy atom. The van der Waals surface area contributed by atoms with E-state index in [1.807, 2.05) is 116 Å². The Morgan fingerprint density at radius 2 is 0.681 bits per heavy atom. The van der Waals surface area contributed by atoms with Gasteiger partial charge in [-0.1, -0.05) is 84.9 Å². The number of nitrogens with one attached hydrogen (secondary N) is 1. The summed E-state index contributed by atoms with van der Waals surface area (Å²) >= 11 is 0. The lowest BCUT2D eigenvalue weighted by atomic mass is 9.89. The van der Waals surface area contributed by atoms with Gasteiger partial charge >= 0.3 is 0 Å². The summed E-state index contributed by atoms with van der Waals surface area (Å²) in [6.45, 7) is 0. The summed E-state index contributed by atoms with van der Waals surface area (Å²) in [4.78, 5) is 37.3. The lowest BCUT2D eigenvalue weighted by Crippen LogP contribution is -2.16. The van der Waals surface area contributed by atoms with Crippen molar-refractivity contribution in [1.82, 2.24) is 45.2 Å². The van der Waals surface area contributed by atoms with Crippen LogP contribution in [0.3, 0.4) is 0 Å². The van der Waals surface area contributed by atoms with Crippen LogP contribution in [-0.2, 0) is 0 Å². The molecule has 0 fully saturated rings. The molecule has 0 saturated carbocycles. The Bertz CT molecular complexity index is 3830. The van der Waals surface area contributed by atoms with Gasteiger partial charge in [-0.3, -0.25) is 39.9 Å². The van der Waals surface area contributed by atoms with Crippen molar-refractivity contribution in [1.29, 1.82) is 0 Å². The van der Waals surface area contributed by atoms with Gasteiger partial charge in [0.15, 0.2) is 0 Å². The van der Waals surface area contributed by atoms with E-state index in [1.165, 1.54) is 32.3 Å². The molecule has 8 aromatic heterocycles. The first-order valence-corrected chi connectivity index (χ1v) is 23.8. The van der Waals surface area contributed by atoms with Crippen molar-refractivity contribution in [3.8, 4) is 78.9 Å². The Hall–Kier alpha value is -9.86. The van der Waals surface area contributed by atoms with Crippen LogP contribution in [0.25, 0.3) is 117 Å². The van der Waals surface area contributed by atoms with Crippen molar-refractivity contribution in [3.05, 3.63) is 249 Å². The molecule has 13 rings (SSSR count). The highest BCUT2D eigenvalue weighted by Crippen LogP contribution is 2.41. The fourth-order valence-corrected chi connectivity index (χ4v) is 9.56. The maximum absolute atomic E-state index is 4.92. The summed E-state index contributed by atoms with van der Waals surface area (Å²) in [5.41, 5.74) is 16.2. The van der Waals surface area contributed by atoms with Gasteiger partial charge in [-0.15, -0.1) is 0 Å². The molecule has 0 amide bonds. The summed E-state index contributed by atoms with van der Waals surface area (Å²) in [5.74, 6) is 0. The first-order valence-electron chi connectivity index (χ1n) is 23.8. The van der Waals surface area contributed by atoms with Crippen LogP contribution in [0.5, 0.6) is 0 Å². The third-order valence-corrected chi connectivity index (χ3v) is 13.4. The number of hydrogen-bond donors (Lipinski definition) is 1. The molecular formula is C63H41N9. The average Bonchev–Trinajstić information content (AvgIpc) is 3.48. The molecule has 9 nitrogen and oxygen atoms in total. The van der Waals surface area contributed by atoms with Crippen LogP contribution < -0.4 is 5.32 Å². The molecule has 1 N–H and O–H groups in total. The molecule has 72 heavy (non-hydrogen) atoms. The van der Waals surface area contributed by atoms with Crippen LogP contribution in [0.1, 0.15) is 17.2 Å². The molecule has 9 heterocycles. The highest BCUT2D eigenvalue weighted by molar-refractivity contribution is 6.26. The Labute approximate surface area is 415 Å². The van der Waals surface area contributed by atoms with Crippen LogP contribution in [0.2, 0.25) is 0 Å². The number of pyridine rings is 8. The predicted octanol–water partition coefficient (Wildman–Crippen LogP) is 14.2. The van der Waals surface area contributed by atoms with Crippen LogP contribution in [0.15, 0.2) is 238 Å². The van der Waals surface area contributed by atoms with E-state index in [0.717, 1.165) is 95.6 Å². The average molecular weight is 924 g/mol. The highest BCUT2D eigenvalue weighted by atomic mass is 14.9. The monoisotopic (exact) mass is 923 g/mol. The zero-order valence-corrected chi connectivity index (χ0v) is 38.7. The van der Waals surface area contributed by atoms with Crippen molar-refractivity contribution in [2.75, 3.05) is 0 Å². The van der Waals surface area contributed by atoms with E-state index in [-0.39, 0.29) is 6.04 Å². The number of rotatable bonds is 9. The van der Waals surface area contributed by atoms with Crippen LogP contribution in [-0.4, -0.2) is 39.9 Å². The van der Waals surface area contributed by atoms with Gasteiger partial charge in [0, 0.05) is 78.0 Å². The normalized spacial score (nSPS) is 13.3. The molecule has 4 aromatic carbocycles. The van der Waals surface area contributed by atoms with Crippen LogP contribution in [0.4, 0.5) is 0 Å². The van der Waals surface area contributed by atoms with E-state index in [9.17, 15) is 0 Å². The SMILES string of the molecule is C1=CC(c2ccc(-c3ccccn3)nc2)NC=C1c1ccc2c(c1)c1ccc(-c3ccc(-c4ccc(-c5ccccn5)nc4)nc3)cc1c1ccc(-c3ccc(-c4ccc(-c5ccccn5)nc4)nc3)cc21. The molecule has 9 heteroatoms. The van der Waals surface area contributed by atoms with E-state index in [2.05, 4.69) is 134 Å². The minimum Gasteiger partial charge on any atom is -0.380 e. The molecule has 1 unspecified atom stereocenters. The minimum atomic E-state index is -0.00275. The fourth-order valence-electron chi connectivity index (χ4n) is 9.56. The lowest BCUT2D eigenvalue weighted by Gasteiger charge is -2.20. The second-order valence-corrected chi connectivity index (χ2v) is 17.7. The van der Waals surface area contributed by atoms with Gasteiger partial charge in [0.2, 0.25) is 0 Å². The maximum atomic E-state index is 4.92. The van der Waals surface area contributed by atoms with Crippen LogP contribution >= 0.6 is 0 Å². The van der Waals surface area contributed by atoms with Crippen molar-refractivity contribution in [2.45, 2.75) is 6.04 Å². The summed E-state index contributed by atoms with van der Waals surface area (Å²) in [6, 6.07) is 58.6. The van der Waals surface area contributed by atoms with Gasteiger partial charge in [0.05, 0.1) is 51.6 Å². The van der Waals surface area contributed by atoms with Crippen LogP contribution in [0, 0.1) is 0 Å². The Kier molecular flexibility index (Phi) is 10.7. The number of dihydropyridines is 1. The first-order chi connectivity index (χ1) is 35.6. The topological polar surface area (TPSA) is 115 Å². The number of benzene rings is 4. The van der Waals surface area contributed by atoms with Gasteiger partial charge in [0.25, 0.3) is 0 Å². The van der Waals surface area contributed by atoms with Gasteiger partial charge < -0.3 is 5.32 Å². The molecule has 0 spiro atoms. The molecule has 1 atom stereocenters. The van der Waals surface area contributed by atoms with Crippen molar-refractivity contribution >= 4 is 37.9 Å². The number of hydrogen-bond acceptors (Lipinski definition) is 9. The number of fused-ring (bicyclic) bond motifs is 6. The predicted molar refractivity (Wildman–Crippen MR) is 289 cm³/mol. The van der Waals surface area contributed by atoms with E-state index >= 15 is 0 Å². The molecule has 0 aliphatic carbocycles. The standard InChI is InChI=1S/C63H41N9/c1-4-28-64-58(7-1)61-25-16-46(37-70-61)55-22-13-43(34-67-55)40-10-19-49-52(31-40)50-20-11-41(44-14-23-56(68-35-44)47-17-26-62(71-38-47)59-8-2-5-29-65-59)33-54(50)51-21-12-42(32-53(49)51)45-15-24-57(69-36-45)48-18-27-63(72-39-48)60-9-3-6-30-66-60/h1-39,55,67H. The summed E-state index contributed by atoms with van der Waals surface area (Å²) < 4.78 is 0.